The van der Waals surface area contributed by atoms with Crippen LogP contribution >= 0.6 is 11.6 Å². The van der Waals surface area contributed by atoms with Gasteiger partial charge in [-0.15, -0.1) is 0 Å². The summed E-state index contributed by atoms with van der Waals surface area (Å²) in [6.45, 7) is 3.56. The quantitative estimate of drug-likeness (QED) is 0.916. The molecule has 0 aliphatic rings. The Balaban J connectivity index is 2.26. The van der Waals surface area contributed by atoms with Gasteiger partial charge in [-0.3, -0.25) is 0 Å². The third-order valence-corrected chi connectivity index (χ3v) is 2.98. The standard InChI is InChI=1S/C14H15ClN2O/c1-9(18)6-7-13-16-10(2)14(17-13)11-4-3-5-12(15)8-11/h3-5,8H,6-7H2,1-2H3,(H,16,17). The van der Waals surface area contributed by atoms with E-state index in [1.54, 1.807) is 6.92 Å². The lowest BCUT2D eigenvalue weighted by atomic mass is 10.1. The molecule has 0 radical (unpaired) electrons. The molecule has 0 saturated carbocycles. The number of imidazole rings is 1. The first-order valence-corrected chi connectivity index (χ1v) is 6.25. The van der Waals surface area contributed by atoms with Crippen LogP contribution in [0, 0.1) is 6.92 Å². The topological polar surface area (TPSA) is 45.8 Å². The zero-order chi connectivity index (χ0) is 13.1. The lowest BCUT2D eigenvalue weighted by Gasteiger charge is -1.98. The molecule has 4 heteroatoms. The van der Waals surface area contributed by atoms with Crippen LogP contribution < -0.4 is 0 Å². The first-order valence-electron chi connectivity index (χ1n) is 5.87. The molecule has 0 spiro atoms. The van der Waals surface area contributed by atoms with Crippen molar-refractivity contribution >= 4 is 17.4 Å². The van der Waals surface area contributed by atoms with Crippen LogP contribution in [0.15, 0.2) is 24.3 Å². The summed E-state index contributed by atoms with van der Waals surface area (Å²) in [6, 6.07) is 7.61. The highest BCUT2D eigenvalue weighted by Crippen LogP contribution is 2.24. The Morgan fingerprint density at radius 1 is 1.44 bits per heavy atom. The fraction of sp³-hybridized carbons (Fsp3) is 0.286. The van der Waals surface area contributed by atoms with Gasteiger partial charge in [0, 0.05) is 29.1 Å². The van der Waals surface area contributed by atoms with E-state index < -0.39 is 0 Å². The summed E-state index contributed by atoms with van der Waals surface area (Å²) < 4.78 is 0. The van der Waals surface area contributed by atoms with Crippen molar-refractivity contribution in [1.29, 1.82) is 0 Å². The number of nitrogens with zero attached hydrogens (tertiary/aromatic N) is 1. The minimum absolute atomic E-state index is 0.174. The van der Waals surface area contributed by atoms with Crippen molar-refractivity contribution in [2.24, 2.45) is 0 Å². The minimum Gasteiger partial charge on any atom is -0.346 e. The molecule has 2 rings (SSSR count). The zero-order valence-corrected chi connectivity index (χ0v) is 11.2. The number of halogens is 1. The number of H-pyrrole nitrogens is 1. The molecule has 0 bridgehead atoms. The van der Waals surface area contributed by atoms with Crippen LogP contribution in [0.25, 0.3) is 11.3 Å². The summed E-state index contributed by atoms with van der Waals surface area (Å²) in [5.41, 5.74) is 2.89. The molecule has 94 valence electrons. The summed E-state index contributed by atoms with van der Waals surface area (Å²) in [5.74, 6) is 1.02. The fourth-order valence-corrected chi connectivity index (χ4v) is 2.04. The second-order valence-electron chi connectivity index (χ2n) is 4.37. The Hall–Kier alpha value is -1.61. The number of nitrogens with one attached hydrogen (secondary N) is 1. The zero-order valence-electron chi connectivity index (χ0n) is 10.5. The van der Waals surface area contributed by atoms with Gasteiger partial charge >= 0.3 is 0 Å². The van der Waals surface area contributed by atoms with Gasteiger partial charge in [-0.1, -0.05) is 23.7 Å². The summed E-state index contributed by atoms with van der Waals surface area (Å²) >= 11 is 5.97. The van der Waals surface area contributed by atoms with Crippen LogP contribution in [0.4, 0.5) is 0 Å². The first kappa shape index (κ1) is 12.8. The highest BCUT2D eigenvalue weighted by Gasteiger charge is 2.09. The number of ketones is 1. The predicted molar refractivity (Wildman–Crippen MR) is 72.8 cm³/mol. The van der Waals surface area contributed by atoms with E-state index in [1.165, 1.54) is 0 Å². The van der Waals surface area contributed by atoms with Crippen molar-refractivity contribution in [3.05, 3.63) is 40.8 Å². The van der Waals surface area contributed by atoms with Crippen LogP contribution in [0.5, 0.6) is 0 Å². The van der Waals surface area contributed by atoms with Crippen molar-refractivity contribution in [3.63, 3.8) is 0 Å². The van der Waals surface area contributed by atoms with Crippen molar-refractivity contribution in [3.8, 4) is 11.3 Å². The highest BCUT2D eigenvalue weighted by atomic mass is 35.5. The summed E-state index contributed by atoms with van der Waals surface area (Å²) in [6.07, 6.45) is 1.17. The van der Waals surface area contributed by atoms with Gasteiger partial charge in [-0.05, 0) is 26.0 Å². The van der Waals surface area contributed by atoms with E-state index in [0.29, 0.717) is 17.9 Å². The summed E-state index contributed by atoms with van der Waals surface area (Å²) in [7, 11) is 0. The van der Waals surface area contributed by atoms with Crippen molar-refractivity contribution in [2.75, 3.05) is 0 Å². The monoisotopic (exact) mass is 262 g/mol. The van der Waals surface area contributed by atoms with Gasteiger partial charge in [-0.2, -0.15) is 0 Å². The number of carbonyl (C=O) groups is 1. The number of aromatic amines is 1. The molecule has 0 fully saturated rings. The van der Waals surface area contributed by atoms with Crippen LogP contribution in [-0.4, -0.2) is 15.8 Å². The lowest BCUT2D eigenvalue weighted by Crippen LogP contribution is -1.95. The smallest absolute Gasteiger partial charge is 0.130 e. The first-order chi connectivity index (χ1) is 8.56. The number of benzene rings is 1. The van der Waals surface area contributed by atoms with Crippen LogP contribution in [0.1, 0.15) is 24.9 Å². The van der Waals surface area contributed by atoms with Crippen molar-refractivity contribution in [2.45, 2.75) is 26.7 Å². The number of carbonyl (C=O) groups excluding carboxylic acids is 1. The normalized spacial score (nSPS) is 10.6. The van der Waals surface area contributed by atoms with Crippen molar-refractivity contribution in [1.82, 2.24) is 9.97 Å². The Bertz CT molecular complexity index is 575. The Kier molecular flexibility index (Phi) is 3.82. The molecule has 1 heterocycles. The van der Waals surface area contributed by atoms with Gasteiger partial charge < -0.3 is 9.78 Å². The van der Waals surface area contributed by atoms with E-state index >= 15 is 0 Å². The van der Waals surface area contributed by atoms with Gasteiger partial charge in [0.1, 0.15) is 11.6 Å². The van der Waals surface area contributed by atoms with E-state index in [1.807, 2.05) is 31.2 Å². The largest absolute Gasteiger partial charge is 0.346 e. The van der Waals surface area contributed by atoms with Crippen LogP contribution in [0.2, 0.25) is 5.02 Å². The molecule has 3 nitrogen and oxygen atoms in total. The van der Waals surface area contributed by atoms with E-state index in [0.717, 1.165) is 22.8 Å². The van der Waals surface area contributed by atoms with Crippen molar-refractivity contribution < 1.29 is 4.79 Å². The lowest BCUT2D eigenvalue weighted by molar-refractivity contribution is -0.117. The third kappa shape index (κ3) is 2.99. The number of hydrogen-bond acceptors (Lipinski definition) is 2. The highest BCUT2D eigenvalue weighted by molar-refractivity contribution is 6.30. The molecule has 0 amide bonds. The minimum atomic E-state index is 0.174. The molecule has 0 saturated heterocycles. The number of aromatic nitrogens is 2. The molecule has 2 aromatic rings. The maximum absolute atomic E-state index is 11.0. The molecule has 0 aliphatic carbocycles. The van der Waals surface area contributed by atoms with E-state index in [4.69, 9.17) is 11.6 Å². The van der Waals surface area contributed by atoms with Gasteiger partial charge in [0.2, 0.25) is 0 Å². The molecule has 1 aromatic carbocycles. The molecule has 1 aromatic heterocycles. The van der Waals surface area contributed by atoms with Crippen LogP contribution in [-0.2, 0) is 11.2 Å². The SMILES string of the molecule is CC(=O)CCc1nc(-c2cccc(Cl)c2)c(C)[nH]1. The van der Waals surface area contributed by atoms with E-state index in [9.17, 15) is 4.79 Å². The fourth-order valence-electron chi connectivity index (χ4n) is 1.85. The van der Waals surface area contributed by atoms with Gasteiger partial charge in [0.15, 0.2) is 0 Å². The summed E-state index contributed by atoms with van der Waals surface area (Å²) in [5, 5.41) is 0.695. The van der Waals surface area contributed by atoms with E-state index in [-0.39, 0.29) is 5.78 Å². The molecule has 0 atom stereocenters. The third-order valence-electron chi connectivity index (χ3n) is 2.75. The average molecular weight is 263 g/mol. The van der Waals surface area contributed by atoms with Gasteiger partial charge in [-0.25, -0.2) is 4.98 Å². The number of rotatable bonds is 4. The van der Waals surface area contributed by atoms with E-state index in [2.05, 4.69) is 9.97 Å². The Labute approximate surface area is 111 Å². The molecule has 0 unspecified atom stereocenters. The van der Waals surface area contributed by atoms with Crippen LogP contribution in [0.3, 0.4) is 0 Å². The molecule has 1 N–H and O–H groups in total. The number of Topliss-reactive ketones (excluding diaryl/α,β-unsaturated/α-hetero) is 1. The second kappa shape index (κ2) is 5.36. The van der Waals surface area contributed by atoms with Gasteiger partial charge in [0.25, 0.3) is 0 Å². The van der Waals surface area contributed by atoms with Gasteiger partial charge in [0.05, 0.1) is 5.69 Å². The number of hydrogen-bond donors (Lipinski definition) is 1. The molecule has 18 heavy (non-hydrogen) atoms. The molecule has 0 aliphatic heterocycles. The molecular formula is C14H15ClN2O. The molecular weight excluding hydrogens is 248 g/mol. The number of aryl methyl sites for hydroxylation is 2. The second-order valence-corrected chi connectivity index (χ2v) is 4.81. The Morgan fingerprint density at radius 2 is 2.22 bits per heavy atom. The Morgan fingerprint density at radius 3 is 2.89 bits per heavy atom. The maximum Gasteiger partial charge on any atom is 0.130 e. The maximum atomic E-state index is 11.0. The summed E-state index contributed by atoms with van der Waals surface area (Å²) in [4.78, 5) is 18.7. The average Bonchev–Trinajstić information content (AvgIpc) is 2.68. The predicted octanol–water partition coefficient (Wildman–Crippen LogP) is 3.56.